The summed E-state index contributed by atoms with van der Waals surface area (Å²) in [5.74, 6) is 0.559. The van der Waals surface area contributed by atoms with Gasteiger partial charge in [-0.3, -0.25) is 14.5 Å². The van der Waals surface area contributed by atoms with Crippen LogP contribution in [0.3, 0.4) is 0 Å². The number of fused-ring (bicyclic) bond motifs is 1. The molecule has 0 fully saturated rings. The lowest BCUT2D eigenvalue weighted by molar-refractivity contribution is -0.125. The van der Waals surface area contributed by atoms with Gasteiger partial charge in [-0.1, -0.05) is 28.1 Å². The van der Waals surface area contributed by atoms with Gasteiger partial charge in [0.1, 0.15) is 18.0 Å². The number of ether oxygens (including phenoxy) is 2. The Kier molecular flexibility index (Phi) is 5.98. The lowest BCUT2D eigenvalue weighted by Gasteiger charge is -2.29. The number of hydrogen-bond acceptors (Lipinski definition) is 5. The average molecular weight is 435 g/mol. The minimum atomic E-state index is -0.858. The van der Waals surface area contributed by atoms with Crippen LogP contribution in [0.5, 0.6) is 11.5 Å². The van der Waals surface area contributed by atoms with Crippen molar-refractivity contribution in [2.24, 2.45) is 0 Å². The molecule has 1 heterocycles. The van der Waals surface area contributed by atoms with Crippen LogP contribution in [-0.2, 0) is 9.59 Å². The van der Waals surface area contributed by atoms with Gasteiger partial charge >= 0.3 is 0 Å². The predicted molar refractivity (Wildman–Crippen MR) is 103 cm³/mol. The number of methoxy groups -OCH3 is 1. The van der Waals surface area contributed by atoms with Crippen LogP contribution in [0.25, 0.3) is 0 Å². The number of nitrogens with one attached hydrogen (secondary N) is 1. The number of amides is 2. The Morgan fingerprint density at radius 3 is 2.78 bits per heavy atom. The summed E-state index contributed by atoms with van der Waals surface area (Å²) < 4.78 is 11.3. The molecule has 3 rings (SSSR count). The predicted octanol–water partition coefficient (Wildman–Crippen LogP) is 2.03. The zero-order valence-corrected chi connectivity index (χ0v) is 16.2. The third kappa shape index (κ3) is 4.58. The molecule has 2 aromatic carbocycles. The summed E-state index contributed by atoms with van der Waals surface area (Å²) in [7, 11) is 1.56. The van der Waals surface area contributed by atoms with E-state index in [1.165, 1.54) is 4.90 Å². The van der Waals surface area contributed by atoms with Gasteiger partial charge in [-0.2, -0.15) is 0 Å². The summed E-state index contributed by atoms with van der Waals surface area (Å²) in [6.45, 7) is -0.228. The molecule has 0 radical (unpaired) electrons. The van der Waals surface area contributed by atoms with Crippen molar-refractivity contribution in [3.05, 3.63) is 52.5 Å². The van der Waals surface area contributed by atoms with E-state index in [2.05, 4.69) is 21.2 Å². The Labute approximate surface area is 165 Å². The number of rotatable bonds is 6. The first-order chi connectivity index (χ1) is 13.0. The van der Waals surface area contributed by atoms with Crippen molar-refractivity contribution in [3.8, 4) is 11.5 Å². The van der Waals surface area contributed by atoms with Crippen LogP contribution in [0.1, 0.15) is 11.7 Å². The minimum absolute atomic E-state index is 0.0386. The van der Waals surface area contributed by atoms with Crippen LogP contribution in [-0.4, -0.2) is 43.7 Å². The normalized spacial score (nSPS) is 14.2. The van der Waals surface area contributed by atoms with Gasteiger partial charge in [0.05, 0.1) is 18.9 Å². The monoisotopic (exact) mass is 434 g/mol. The maximum Gasteiger partial charge on any atom is 0.265 e. The molecule has 0 aliphatic carbocycles. The van der Waals surface area contributed by atoms with E-state index in [1.807, 2.05) is 0 Å². The highest BCUT2D eigenvalue weighted by molar-refractivity contribution is 9.10. The van der Waals surface area contributed by atoms with E-state index in [9.17, 15) is 14.7 Å². The molecule has 0 aromatic heterocycles. The van der Waals surface area contributed by atoms with Crippen molar-refractivity contribution < 1.29 is 24.2 Å². The number of anilines is 1. The fraction of sp³-hybridized carbons (Fsp3) is 0.263. The molecule has 2 N–H and O–H groups in total. The molecule has 1 atom stereocenters. The van der Waals surface area contributed by atoms with Crippen molar-refractivity contribution in [2.75, 3.05) is 31.7 Å². The van der Waals surface area contributed by atoms with E-state index in [0.29, 0.717) is 22.7 Å². The van der Waals surface area contributed by atoms with Crippen LogP contribution in [0.4, 0.5) is 5.69 Å². The summed E-state index contributed by atoms with van der Waals surface area (Å²) in [5.41, 5.74) is 1.20. The zero-order valence-electron chi connectivity index (χ0n) is 14.6. The second kappa shape index (κ2) is 8.41. The summed E-state index contributed by atoms with van der Waals surface area (Å²) >= 11 is 3.35. The van der Waals surface area contributed by atoms with E-state index in [-0.39, 0.29) is 31.5 Å². The Morgan fingerprint density at radius 1 is 1.33 bits per heavy atom. The third-order valence-corrected chi connectivity index (χ3v) is 4.65. The first-order valence-electron chi connectivity index (χ1n) is 8.29. The standard InChI is InChI=1S/C19H19BrN2O5/c1-26-14-5-2-12(3-6-14)16(23)9-21-18(24)10-22-15-7-4-13(20)8-17(15)27-11-19(22)25/h2-8,16,23H,9-11H2,1H3,(H,21,24)/t16-/m0/s1. The lowest BCUT2D eigenvalue weighted by atomic mass is 10.1. The maximum absolute atomic E-state index is 12.3. The minimum Gasteiger partial charge on any atom is -0.497 e. The van der Waals surface area contributed by atoms with E-state index in [4.69, 9.17) is 9.47 Å². The lowest BCUT2D eigenvalue weighted by Crippen LogP contribution is -2.45. The maximum atomic E-state index is 12.3. The fourth-order valence-corrected chi connectivity index (χ4v) is 3.05. The third-order valence-electron chi connectivity index (χ3n) is 4.16. The van der Waals surface area contributed by atoms with Gasteiger partial charge in [-0.05, 0) is 35.9 Å². The second-order valence-corrected chi connectivity index (χ2v) is 6.89. The first-order valence-corrected chi connectivity index (χ1v) is 9.08. The largest absolute Gasteiger partial charge is 0.497 e. The second-order valence-electron chi connectivity index (χ2n) is 5.97. The number of aliphatic hydroxyl groups excluding tert-OH is 1. The molecule has 8 heteroatoms. The smallest absolute Gasteiger partial charge is 0.265 e. The molecule has 7 nitrogen and oxygen atoms in total. The Balaban J connectivity index is 1.60. The number of carbonyl (C=O) groups is 2. The van der Waals surface area contributed by atoms with Crippen molar-refractivity contribution in [2.45, 2.75) is 6.10 Å². The number of hydrogen-bond donors (Lipinski definition) is 2. The molecule has 2 aromatic rings. The van der Waals surface area contributed by atoms with E-state index in [1.54, 1.807) is 49.6 Å². The Morgan fingerprint density at radius 2 is 2.07 bits per heavy atom. The molecule has 0 saturated heterocycles. The van der Waals surface area contributed by atoms with Gasteiger partial charge in [0.25, 0.3) is 5.91 Å². The molecule has 27 heavy (non-hydrogen) atoms. The van der Waals surface area contributed by atoms with E-state index < -0.39 is 6.10 Å². The molecule has 1 aliphatic heterocycles. The molecular formula is C19H19BrN2O5. The molecular weight excluding hydrogens is 416 g/mol. The van der Waals surface area contributed by atoms with Gasteiger partial charge in [-0.25, -0.2) is 0 Å². The fourth-order valence-electron chi connectivity index (χ4n) is 2.71. The van der Waals surface area contributed by atoms with Gasteiger partial charge in [0.2, 0.25) is 5.91 Å². The van der Waals surface area contributed by atoms with Crippen LogP contribution in [0, 0.1) is 0 Å². The Bertz CT molecular complexity index is 840. The molecule has 142 valence electrons. The van der Waals surface area contributed by atoms with Crippen LogP contribution >= 0.6 is 15.9 Å². The summed E-state index contributed by atoms with van der Waals surface area (Å²) in [5, 5.41) is 12.9. The van der Waals surface area contributed by atoms with Crippen LogP contribution in [0.2, 0.25) is 0 Å². The van der Waals surface area contributed by atoms with Crippen LogP contribution in [0.15, 0.2) is 46.9 Å². The Hall–Kier alpha value is -2.58. The van der Waals surface area contributed by atoms with Crippen molar-refractivity contribution in [1.29, 1.82) is 0 Å². The van der Waals surface area contributed by atoms with Crippen molar-refractivity contribution in [1.82, 2.24) is 5.32 Å². The van der Waals surface area contributed by atoms with E-state index >= 15 is 0 Å². The van der Waals surface area contributed by atoms with Gasteiger partial charge in [0.15, 0.2) is 6.61 Å². The molecule has 0 unspecified atom stereocenters. The number of nitrogens with zero attached hydrogens (tertiary/aromatic N) is 1. The van der Waals surface area contributed by atoms with Crippen molar-refractivity contribution in [3.63, 3.8) is 0 Å². The van der Waals surface area contributed by atoms with Gasteiger partial charge < -0.3 is 19.9 Å². The highest BCUT2D eigenvalue weighted by atomic mass is 79.9. The highest BCUT2D eigenvalue weighted by Gasteiger charge is 2.27. The van der Waals surface area contributed by atoms with Gasteiger partial charge in [-0.15, -0.1) is 0 Å². The molecule has 0 spiro atoms. The molecule has 0 saturated carbocycles. The van der Waals surface area contributed by atoms with Crippen LogP contribution < -0.4 is 19.7 Å². The van der Waals surface area contributed by atoms with Crippen molar-refractivity contribution >= 4 is 33.4 Å². The summed E-state index contributed by atoms with van der Waals surface area (Å²) in [6, 6.07) is 12.2. The zero-order chi connectivity index (χ0) is 19.4. The molecule has 2 amide bonds. The topological polar surface area (TPSA) is 88.1 Å². The number of aliphatic hydroxyl groups is 1. The number of carbonyl (C=O) groups excluding carboxylic acids is 2. The van der Waals surface area contributed by atoms with Gasteiger partial charge in [0, 0.05) is 11.0 Å². The SMILES string of the molecule is COc1ccc([C@@H](O)CNC(=O)CN2C(=O)COc3cc(Br)ccc32)cc1. The number of halogens is 1. The molecule has 0 bridgehead atoms. The summed E-state index contributed by atoms with van der Waals surface area (Å²) in [6.07, 6.45) is -0.858. The van der Waals surface area contributed by atoms with E-state index in [0.717, 1.165) is 4.47 Å². The summed E-state index contributed by atoms with van der Waals surface area (Å²) in [4.78, 5) is 25.8. The average Bonchev–Trinajstić information content (AvgIpc) is 2.68. The first kappa shape index (κ1) is 19.2. The quantitative estimate of drug-likeness (QED) is 0.725. The highest BCUT2D eigenvalue weighted by Crippen LogP contribution is 2.34. The molecule has 1 aliphatic rings. The number of benzene rings is 2.